The molecule has 0 atom stereocenters. The van der Waals surface area contributed by atoms with Crippen molar-refractivity contribution in [3.8, 4) is 0 Å². The van der Waals surface area contributed by atoms with Crippen LogP contribution in [0.3, 0.4) is 0 Å². The van der Waals surface area contributed by atoms with Crippen molar-refractivity contribution in [1.82, 2.24) is 14.8 Å². The van der Waals surface area contributed by atoms with E-state index in [-0.39, 0.29) is 18.4 Å². The molecule has 2 amide bonds. The van der Waals surface area contributed by atoms with Crippen LogP contribution < -0.4 is 4.90 Å². The number of halogens is 1. The number of carbonyl (C=O) groups is 2. The molecule has 1 aromatic carbocycles. The highest BCUT2D eigenvalue weighted by Gasteiger charge is 2.42. The van der Waals surface area contributed by atoms with E-state index in [0.29, 0.717) is 53.8 Å². The Labute approximate surface area is 190 Å². The van der Waals surface area contributed by atoms with Crippen LogP contribution in [0.5, 0.6) is 0 Å². The molecule has 2 aliphatic rings. The fourth-order valence-electron chi connectivity index (χ4n) is 4.14. The van der Waals surface area contributed by atoms with Gasteiger partial charge in [-0.15, -0.1) is 0 Å². The monoisotopic (exact) mass is 448 g/mol. The number of piperazine rings is 1. The molecule has 0 radical (unpaired) electrons. The Morgan fingerprint density at radius 1 is 0.875 bits per heavy atom. The van der Waals surface area contributed by atoms with Gasteiger partial charge in [0.2, 0.25) is 0 Å². The van der Waals surface area contributed by atoms with Crippen LogP contribution in [0.1, 0.15) is 11.3 Å². The van der Waals surface area contributed by atoms with E-state index >= 15 is 0 Å². The summed E-state index contributed by atoms with van der Waals surface area (Å²) >= 11 is 6.05. The molecule has 1 fully saturated rings. The van der Waals surface area contributed by atoms with Gasteiger partial charge in [0.1, 0.15) is 17.3 Å². The van der Waals surface area contributed by atoms with Crippen molar-refractivity contribution in [2.75, 3.05) is 31.1 Å². The summed E-state index contributed by atoms with van der Waals surface area (Å²) in [4.78, 5) is 36.7. The molecular weight excluding hydrogens is 428 g/mol. The van der Waals surface area contributed by atoms with Crippen molar-refractivity contribution in [3.05, 3.63) is 89.1 Å². The second-order valence-electron chi connectivity index (χ2n) is 7.67. The summed E-state index contributed by atoms with van der Waals surface area (Å²) in [6.07, 6.45) is 3.31. The van der Waals surface area contributed by atoms with Crippen LogP contribution in [0.4, 0.5) is 5.82 Å². The summed E-state index contributed by atoms with van der Waals surface area (Å²) < 4.78 is 5.38. The zero-order valence-corrected chi connectivity index (χ0v) is 18.0. The number of anilines is 1. The number of aromatic nitrogens is 1. The molecule has 0 unspecified atom stereocenters. The predicted octanol–water partition coefficient (Wildman–Crippen LogP) is 3.43. The summed E-state index contributed by atoms with van der Waals surface area (Å²) in [5.41, 5.74) is 1.52. The summed E-state index contributed by atoms with van der Waals surface area (Å²) in [7, 11) is 0. The Hall–Kier alpha value is -3.58. The Balaban J connectivity index is 1.45. The highest BCUT2D eigenvalue weighted by Crippen LogP contribution is 2.34. The van der Waals surface area contributed by atoms with E-state index in [4.69, 9.17) is 16.0 Å². The van der Waals surface area contributed by atoms with Crippen molar-refractivity contribution < 1.29 is 14.0 Å². The third kappa shape index (κ3) is 3.76. The highest BCUT2D eigenvalue weighted by molar-refractivity contribution is 6.35. The molecule has 1 saturated heterocycles. The average Bonchev–Trinajstić information content (AvgIpc) is 3.43. The van der Waals surface area contributed by atoms with Gasteiger partial charge in [-0.1, -0.05) is 29.8 Å². The molecule has 2 aliphatic heterocycles. The Morgan fingerprint density at radius 2 is 1.62 bits per heavy atom. The van der Waals surface area contributed by atoms with Gasteiger partial charge in [0.15, 0.2) is 0 Å². The van der Waals surface area contributed by atoms with Crippen molar-refractivity contribution in [2.24, 2.45) is 0 Å². The van der Waals surface area contributed by atoms with Gasteiger partial charge in [0, 0.05) is 37.4 Å². The van der Waals surface area contributed by atoms with Crippen molar-refractivity contribution in [3.63, 3.8) is 0 Å². The number of hydrogen-bond acceptors (Lipinski definition) is 6. The molecule has 0 N–H and O–H groups in total. The Kier molecular flexibility index (Phi) is 5.41. The molecular formula is C24H21ClN4O3. The quantitative estimate of drug-likeness (QED) is 0.557. The lowest BCUT2D eigenvalue weighted by Crippen LogP contribution is -2.47. The number of imide groups is 1. The molecule has 5 rings (SSSR count). The van der Waals surface area contributed by atoms with Gasteiger partial charge in [0.25, 0.3) is 11.8 Å². The van der Waals surface area contributed by atoms with Crippen LogP contribution >= 0.6 is 11.6 Å². The third-order valence-electron chi connectivity index (χ3n) is 5.74. The van der Waals surface area contributed by atoms with E-state index in [1.54, 1.807) is 42.6 Å². The second kappa shape index (κ2) is 8.51. The largest absolute Gasteiger partial charge is 0.467 e. The summed E-state index contributed by atoms with van der Waals surface area (Å²) in [6, 6.07) is 16.3. The van der Waals surface area contributed by atoms with Crippen LogP contribution in [-0.4, -0.2) is 52.8 Å². The lowest BCUT2D eigenvalue weighted by molar-refractivity contribution is -0.138. The zero-order valence-electron chi connectivity index (χ0n) is 17.3. The SMILES string of the molecule is O=C1C(c2ccc(Cl)cc2)=C(N2CCN(c3ccccn3)CC2)C(=O)N1Cc1ccco1. The number of furan rings is 1. The first-order valence-electron chi connectivity index (χ1n) is 10.4. The predicted molar refractivity (Wildman–Crippen MR) is 121 cm³/mol. The zero-order chi connectivity index (χ0) is 22.1. The van der Waals surface area contributed by atoms with Crippen LogP contribution in [0.15, 0.2) is 77.2 Å². The van der Waals surface area contributed by atoms with E-state index < -0.39 is 0 Å². The van der Waals surface area contributed by atoms with Crippen molar-refractivity contribution in [1.29, 1.82) is 0 Å². The summed E-state index contributed by atoms with van der Waals surface area (Å²) in [5, 5.41) is 0.573. The Bertz CT molecular complexity index is 1150. The minimum absolute atomic E-state index is 0.0964. The molecule has 162 valence electrons. The number of benzene rings is 1. The maximum atomic E-state index is 13.5. The summed E-state index contributed by atoms with van der Waals surface area (Å²) in [5.74, 6) is 0.842. The van der Waals surface area contributed by atoms with E-state index in [1.165, 1.54) is 11.2 Å². The topological polar surface area (TPSA) is 69.9 Å². The molecule has 0 bridgehead atoms. The van der Waals surface area contributed by atoms with Gasteiger partial charge in [-0.25, -0.2) is 4.98 Å². The van der Waals surface area contributed by atoms with E-state index in [2.05, 4.69) is 9.88 Å². The number of nitrogens with zero attached hydrogens (tertiary/aromatic N) is 4. The fourth-order valence-corrected chi connectivity index (χ4v) is 4.26. The molecule has 0 spiro atoms. The molecule has 0 saturated carbocycles. The molecule has 7 nitrogen and oxygen atoms in total. The number of hydrogen-bond donors (Lipinski definition) is 0. The van der Waals surface area contributed by atoms with Gasteiger partial charge in [0.05, 0.1) is 18.4 Å². The van der Waals surface area contributed by atoms with Crippen LogP contribution in [0.2, 0.25) is 5.02 Å². The second-order valence-corrected chi connectivity index (χ2v) is 8.10. The van der Waals surface area contributed by atoms with E-state index in [1.807, 2.05) is 23.1 Å². The fraction of sp³-hybridized carbons (Fsp3) is 0.208. The minimum Gasteiger partial charge on any atom is -0.467 e. The Morgan fingerprint density at radius 3 is 2.28 bits per heavy atom. The lowest BCUT2D eigenvalue weighted by atomic mass is 10.0. The minimum atomic E-state index is -0.323. The highest BCUT2D eigenvalue weighted by atomic mass is 35.5. The first-order chi connectivity index (χ1) is 15.6. The molecule has 2 aromatic heterocycles. The molecule has 8 heteroatoms. The van der Waals surface area contributed by atoms with Gasteiger partial charge in [-0.05, 0) is 42.0 Å². The van der Waals surface area contributed by atoms with Gasteiger partial charge >= 0.3 is 0 Å². The third-order valence-corrected chi connectivity index (χ3v) is 5.99. The standard InChI is InChI=1S/C24H21ClN4O3/c25-18-8-6-17(7-9-18)21-22(24(31)29(23(21)30)16-19-4-3-15-32-19)28-13-11-27(12-14-28)20-5-1-2-10-26-20/h1-10,15H,11-14,16H2. The van der Waals surface area contributed by atoms with Gasteiger partial charge < -0.3 is 14.2 Å². The van der Waals surface area contributed by atoms with Crippen molar-refractivity contribution in [2.45, 2.75) is 6.54 Å². The molecule has 0 aliphatic carbocycles. The van der Waals surface area contributed by atoms with E-state index in [0.717, 1.165) is 5.82 Å². The number of rotatable bonds is 5. The molecule has 3 aromatic rings. The van der Waals surface area contributed by atoms with Gasteiger partial charge in [-0.2, -0.15) is 0 Å². The maximum Gasteiger partial charge on any atom is 0.278 e. The number of carbonyl (C=O) groups excluding carboxylic acids is 2. The first-order valence-corrected chi connectivity index (χ1v) is 10.8. The van der Waals surface area contributed by atoms with Crippen LogP contribution in [-0.2, 0) is 16.1 Å². The number of amides is 2. The maximum absolute atomic E-state index is 13.5. The average molecular weight is 449 g/mol. The van der Waals surface area contributed by atoms with Gasteiger partial charge in [-0.3, -0.25) is 14.5 Å². The van der Waals surface area contributed by atoms with Crippen LogP contribution in [0, 0.1) is 0 Å². The summed E-state index contributed by atoms with van der Waals surface area (Å²) in [6.45, 7) is 2.72. The van der Waals surface area contributed by atoms with Crippen LogP contribution in [0.25, 0.3) is 5.57 Å². The lowest BCUT2D eigenvalue weighted by Gasteiger charge is -2.37. The van der Waals surface area contributed by atoms with Crippen molar-refractivity contribution >= 4 is 34.8 Å². The smallest absolute Gasteiger partial charge is 0.278 e. The molecule has 4 heterocycles. The first kappa shape index (κ1) is 20.3. The number of pyridine rings is 1. The molecule has 32 heavy (non-hydrogen) atoms. The van der Waals surface area contributed by atoms with E-state index in [9.17, 15) is 9.59 Å². The normalized spacial score (nSPS) is 17.0.